The van der Waals surface area contributed by atoms with Crippen LogP contribution in [0.5, 0.6) is 0 Å². The van der Waals surface area contributed by atoms with Crippen LogP contribution in [-0.4, -0.2) is 31.6 Å². The van der Waals surface area contributed by atoms with Gasteiger partial charge in [0.05, 0.1) is 0 Å². The van der Waals surface area contributed by atoms with Crippen molar-refractivity contribution in [2.24, 2.45) is 22.5 Å². The molecule has 0 spiro atoms. The molecule has 0 heterocycles. The Bertz CT molecular complexity index is 222. The van der Waals surface area contributed by atoms with Gasteiger partial charge < -0.3 is 10.6 Å². The molecule has 0 bridgehead atoms. The van der Waals surface area contributed by atoms with Gasteiger partial charge in [-0.1, -0.05) is 40.5 Å². The quantitative estimate of drug-likeness (QED) is 0.818. The maximum absolute atomic E-state index is 6.07. The first kappa shape index (κ1) is 15.0. The summed E-state index contributed by atoms with van der Waals surface area (Å²) in [4.78, 5) is 2.49. The van der Waals surface area contributed by atoms with E-state index in [0.717, 1.165) is 19.0 Å². The smallest absolute Gasteiger partial charge is 0.00472 e. The van der Waals surface area contributed by atoms with Crippen molar-refractivity contribution < 1.29 is 0 Å². The van der Waals surface area contributed by atoms with Gasteiger partial charge in [-0.15, -0.1) is 0 Å². The molecular weight excluding hydrogens is 208 g/mol. The minimum atomic E-state index is 0.381. The van der Waals surface area contributed by atoms with Gasteiger partial charge in [0.2, 0.25) is 0 Å². The summed E-state index contributed by atoms with van der Waals surface area (Å²) in [6.45, 7) is 12.5. The Balaban J connectivity index is 2.51. The van der Waals surface area contributed by atoms with Gasteiger partial charge in [0.15, 0.2) is 0 Å². The van der Waals surface area contributed by atoms with Crippen LogP contribution in [-0.2, 0) is 0 Å². The van der Waals surface area contributed by atoms with Crippen LogP contribution < -0.4 is 5.73 Å². The minimum absolute atomic E-state index is 0.381. The molecule has 0 atom stereocenters. The number of nitrogens with two attached hydrogens (primary N) is 1. The van der Waals surface area contributed by atoms with Gasteiger partial charge in [0.25, 0.3) is 0 Å². The Morgan fingerprint density at radius 1 is 1.24 bits per heavy atom. The first-order valence-electron chi connectivity index (χ1n) is 7.15. The molecule has 2 heteroatoms. The zero-order valence-corrected chi connectivity index (χ0v) is 12.6. The van der Waals surface area contributed by atoms with Gasteiger partial charge in [-0.3, -0.25) is 0 Å². The zero-order chi connectivity index (χ0) is 13.1. The van der Waals surface area contributed by atoms with E-state index in [4.69, 9.17) is 5.73 Å². The molecule has 0 amide bonds. The SMILES string of the molecule is CC1CCC(CN)(CN(C)CC(C)(C)C)CC1. The van der Waals surface area contributed by atoms with Crippen molar-refractivity contribution >= 4 is 0 Å². The van der Waals surface area contributed by atoms with Crippen LogP contribution in [0.2, 0.25) is 0 Å². The second kappa shape index (κ2) is 5.71. The van der Waals surface area contributed by atoms with Crippen LogP contribution in [0.1, 0.15) is 53.4 Å². The highest BCUT2D eigenvalue weighted by Crippen LogP contribution is 2.38. The van der Waals surface area contributed by atoms with Gasteiger partial charge in [0.1, 0.15) is 0 Å². The van der Waals surface area contributed by atoms with Gasteiger partial charge >= 0.3 is 0 Å². The molecule has 0 unspecified atom stereocenters. The minimum Gasteiger partial charge on any atom is -0.330 e. The first-order valence-corrected chi connectivity index (χ1v) is 7.15. The average molecular weight is 240 g/mol. The van der Waals surface area contributed by atoms with Crippen LogP contribution >= 0.6 is 0 Å². The predicted molar refractivity (Wildman–Crippen MR) is 76.1 cm³/mol. The second-order valence-corrected chi connectivity index (χ2v) is 7.62. The number of nitrogens with zero attached hydrogens (tertiary/aromatic N) is 1. The zero-order valence-electron chi connectivity index (χ0n) is 12.6. The van der Waals surface area contributed by atoms with Crippen molar-refractivity contribution in [1.29, 1.82) is 0 Å². The molecule has 102 valence electrons. The van der Waals surface area contributed by atoms with Crippen LogP contribution in [0.25, 0.3) is 0 Å². The lowest BCUT2D eigenvalue weighted by atomic mass is 9.70. The molecule has 0 aromatic heterocycles. The Morgan fingerprint density at radius 2 is 1.76 bits per heavy atom. The predicted octanol–water partition coefficient (Wildman–Crippen LogP) is 3.12. The van der Waals surface area contributed by atoms with E-state index < -0.39 is 0 Å². The Hall–Kier alpha value is -0.0800. The molecular formula is C15H32N2. The van der Waals surface area contributed by atoms with Crippen molar-refractivity contribution in [3.63, 3.8) is 0 Å². The fourth-order valence-corrected chi connectivity index (χ4v) is 3.24. The van der Waals surface area contributed by atoms with Crippen molar-refractivity contribution in [3.05, 3.63) is 0 Å². The van der Waals surface area contributed by atoms with E-state index >= 15 is 0 Å². The maximum atomic E-state index is 6.07. The molecule has 0 radical (unpaired) electrons. The summed E-state index contributed by atoms with van der Waals surface area (Å²) < 4.78 is 0. The fourth-order valence-electron chi connectivity index (χ4n) is 3.24. The number of hydrogen-bond acceptors (Lipinski definition) is 2. The Kier molecular flexibility index (Phi) is 5.03. The molecule has 2 nitrogen and oxygen atoms in total. The Labute approximate surface area is 108 Å². The summed E-state index contributed by atoms with van der Waals surface area (Å²) in [5, 5.41) is 0. The molecule has 1 fully saturated rings. The third kappa shape index (κ3) is 4.97. The molecule has 0 aromatic carbocycles. The standard InChI is InChI=1S/C15H32N2/c1-13-6-8-15(10-16,9-7-13)12-17(5)11-14(2,3)4/h13H,6-12,16H2,1-5H3. The van der Waals surface area contributed by atoms with Crippen LogP contribution in [0.4, 0.5) is 0 Å². The first-order chi connectivity index (χ1) is 7.76. The van der Waals surface area contributed by atoms with Gasteiger partial charge in [0, 0.05) is 13.1 Å². The largest absolute Gasteiger partial charge is 0.330 e. The van der Waals surface area contributed by atoms with E-state index in [9.17, 15) is 0 Å². The molecule has 17 heavy (non-hydrogen) atoms. The van der Waals surface area contributed by atoms with Crippen molar-refractivity contribution in [2.75, 3.05) is 26.7 Å². The molecule has 1 aliphatic rings. The second-order valence-electron chi connectivity index (χ2n) is 7.62. The average Bonchev–Trinajstić information content (AvgIpc) is 2.19. The fraction of sp³-hybridized carbons (Fsp3) is 1.00. The highest BCUT2D eigenvalue weighted by molar-refractivity contribution is 4.88. The van der Waals surface area contributed by atoms with Crippen LogP contribution in [0.15, 0.2) is 0 Å². The highest BCUT2D eigenvalue weighted by atomic mass is 15.1. The third-order valence-electron chi connectivity index (χ3n) is 4.12. The lowest BCUT2D eigenvalue weighted by Crippen LogP contribution is -2.45. The topological polar surface area (TPSA) is 29.3 Å². The van der Waals surface area contributed by atoms with Gasteiger partial charge in [-0.05, 0) is 43.2 Å². The summed E-state index contributed by atoms with van der Waals surface area (Å²) in [5.41, 5.74) is 6.85. The third-order valence-corrected chi connectivity index (χ3v) is 4.12. The summed E-state index contributed by atoms with van der Waals surface area (Å²) in [7, 11) is 2.25. The lowest BCUT2D eigenvalue weighted by Gasteiger charge is -2.42. The summed E-state index contributed by atoms with van der Waals surface area (Å²) in [6.07, 6.45) is 5.36. The summed E-state index contributed by atoms with van der Waals surface area (Å²) >= 11 is 0. The molecule has 0 aliphatic heterocycles. The van der Waals surface area contributed by atoms with Crippen molar-refractivity contribution in [2.45, 2.75) is 53.4 Å². The lowest BCUT2D eigenvalue weighted by molar-refractivity contribution is 0.0909. The van der Waals surface area contributed by atoms with Crippen molar-refractivity contribution in [3.8, 4) is 0 Å². The number of hydrogen-bond donors (Lipinski definition) is 1. The van der Waals surface area contributed by atoms with E-state index in [1.165, 1.54) is 32.2 Å². The molecule has 0 saturated heterocycles. The van der Waals surface area contributed by atoms with E-state index in [1.54, 1.807) is 0 Å². The molecule has 2 N–H and O–H groups in total. The Morgan fingerprint density at radius 3 is 2.18 bits per heavy atom. The molecule has 0 aromatic rings. The maximum Gasteiger partial charge on any atom is 0.00472 e. The molecule has 1 aliphatic carbocycles. The van der Waals surface area contributed by atoms with Crippen LogP contribution in [0, 0.1) is 16.7 Å². The number of rotatable bonds is 4. The highest BCUT2D eigenvalue weighted by Gasteiger charge is 2.34. The van der Waals surface area contributed by atoms with Gasteiger partial charge in [-0.2, -0.15) is 0 Å². The van der Waals surface area contributed by atoms with E-state index in [0.29, 0.717) is 10.8 Å². The monoisotopic (exact) mass is 240 g/mol. The normalized spacial score (nSPS) is 30.9. The van der Waals surface area contributed by atoms with Crippen LogP contribution in [0.3, 0.4) is 0 Å². The van der Waals surface area contributed by atoms with Crippen molar-refractivity contribution in [1.82, 2.24) is 4.90 Å². The van der Waals surface area contributed by atoms with E-state index in [2.05, 4.69) is 39.6 Å². The summed E-state index contributed by atoms with van der Waals surface area (Å²) in [5.74, 6) is 0.905. The molecule has 1 saturated carbocycles. The summed E-state index contributed by atoms with van der Waals surface area (Å²) in [6, 6.07) is 0. The van der Waals surface area contributed by atoms with E-state index in [1.807, 2.05) is 0 Å². The van der Waals surface area contributed by atoms with E-state index in [-0.39, 0.29) is 0 Å². The molecule has 1 rings (SSSR count). The van der Waals surface area contributed by atoms with Gasteiger partial charge in [-0.25, -0.2) is 0 Å².